The minimum Gasteiger partial charge on any atom is -0.344 e. The number of hydrogen-bond acceptors (Lipinski definition) is 5. The van der Waals surface area contributed by atoms with Crippen molar-refractivity contribution < 1.29 is 4.90 Å². The Morgan fingerprint density at radius 3 is 2.70 bits per heavy atom. The molecular formula is C16H20N5OS+. The van der Waals surface area contributed by atoms with Crippen LogP contribution in [0.1, 0.15) is 10.4 Å². The van der Waals surface area contributed by atoms with Crippen molar-refractivity contribution in [2.45, 2.75) is 13.8 Å². The number of quaternary nitrogens is 1. The molecule has 6 nitrogen and oxygen atoms in total. The molecule has 0 spiro atoms. The monoisotopic (exact) mass is 330 g/mol. The van der Waals surface area contributed by atoms with Gasteiger partial charge in [-0.15, -0.1) is 16.4 Å². The van der Waals surface area contributed by atoms with E-state index in [0.29, 0.717) is 11.0 Å². The van der Waals surface area contributed by atoms with Gasteiger partial charge in [0.15, 0.2) is 5.65 Å². The molecule has 0 aromatic carbocycles. The first-order chi connectivity index (χ1) is 11.0. The Labute approximate surface area is 138 Å². The van der Waals surface area contributed by atoms with E-state index in [1.165, 1.54) is 9.42 Å². The quantitative estimate of drug-likeness (QED) is 0.695. The maximum absolute atomic E-state index is 12.9. The summed E-state index contributed by atoms with van der Waals surface area (Å²) in [5, 5.41) is 5.29. The lowest BCUT2D eigenvalue weighted by molar-refractivity contribution is -0.880. The van der Waals surface area contributed by atoms with Crippen LogP contribution in [0, 0.1) is 13.8 Å². The third-order valence-corrected chi connectivity index (χ3v) is 5.83. The maximum atomic E-state index is 12.9. The minimum atomic E-state index is -0.0616. The Morgan fingerprint density at radius 1 is 1.22 bits per heavy atom. The van der Waals surface area contributed by atoms with E-state index in [2.05, 4.69) is 22.0 Å². The van der Waals surface area contributed by atoms with Crippen LogP contribution in [-0.4, -0.2) is 47.8 Å². The fraction of sp³-hybridized carbons (Fsp3) is 0.438. The van der Waals surface area contributed by atoms with Crippen LogP contribution in [0.3, 0.4) is 0 Å². The highest BCUT2D eigenvalue weighted by Gasteiger charge is 2.19. The highest BCUT2D eigenvalue weighted by Crippen LogP contribution is 2.26. The fourth-order valence-electron chi connectivity index (χ4n) is 3.08. The molecule has 0 atom stereocenters. The fourth-order valence-corrected chi connectivity index (χ4v) is 4.10. The molecule has 3 aromatic heterocycles. The van der Waals surface area contributed by atoms with Crippen molar-refractivity contribution in [3.8, 4) is 0 Å². The van der Waals surface area contributed by atoms with Crippen LogP contribution in [0.25, 0.3) is 15.9 Å². The van der Waals surface area contributed by atoms with Gasteiger partial charge in [-0.05, 0) is 31.5 Å². The molecule has 1 fully saturated rings. The van der Waals surface area contributed by atoms with Gasteiger partial charge in [-0.25, -0.2) is 4.98 Å². The molecule has 3 aromatic rings. The lowest BCUT2D eigenvalue weighted by atomic mass is 10.2. The number of rotatable bonds is 1. The minimum absolute atomic E-state index is 0.0616. The number of aromatic nitrogens is 3. The van der Waals surface area contributed by atoms with E-state index in [1.54, 1.807) is 11.3 Å². The molecule has 0 radical (unpaired) electrons. The second-order valence-corrected chi connectivity index (χ2v) is 7.49. The molecule has 0 unspecified atom stereocenters. The highest BCUT2D eigenvalue weighted by molar-refractivity contribution is 7.18. The van der Waals surface area contributed by atoms with Crippen molar-refractivity contribution >= 4 is 33.0 Å². The topological polar surface area (TPSA) is 54.9 Å². The standard InChI is InChI=1S/C16H19N5OS/c1-10-11(2)23-15-14(10)16(22)21-12(17-15)4-5-13(18-21)20-8-6-19(3)7-9-20/h4-5H,6-9H2,1-3H3/p+1. The molecule has 1 aliphatic heterocycles. The Balaban J connectivity index is 1.88. The number of thiophene rings is 1. The molecule has 1 saturated heterocycles. The molecule has 0 amide bonds. The van der Waals surface area contributed by atoms with Gasteiger partial charge in [-0.2, -0.15) is 4.52 Å². The first-order valence-corrected chi connectivity index (χ1v) is 8.72. The van der Waals surface area contributed by atoms with Gasteiger partial charge < -0.3 is 9.80 Å². The lowest BCUT2D eigenvalue weighted by Gasteiger charge is -2.30. The zero-order chi connectivity index (χ0) is 16.1. The molecule has 7 heteroatoms. The summed E-state index contributed by atoms with van der Waals surface area (Å²) in [4.78, 5) is 23.2. The summed E-state index contributed by atoms with van der Waals surface area (Å²) < 4.78 is 1.46. The SMILES string of the molecule is Cc1sc2nc3ccc(N4CC[NH+](C)CC4)nn3c(=O)c2c1C. The van der Waals surface area contributed by atoms with E-state index in [9.17, 15) is 4.79 Å². The number of likely N-dealkylation sites (N-methyl/N-ethyl adjacent to an activating group) is 1. The molecule has 4 rings (SSSR count). The zero-order valence-corrected chi connectivity index (χ0v) is 14.4. The van der Waals surface area contributed by atoms with E-state index in [1.807, 2.05) is 26.0 Å². The number of anilines is 1. The van der Waals surface area contributed by atoms with Crippen molar-refractivity contribution in [1.29, 1.82) is 0 Å². The predicted molar refractivity (Wildman–Crippen MR) is 92.9 cm³/mol. The van der Waals surface area contributed by atoms with E-state index >= 15 is 0 Å². The largest absolute Gasteiger partial charge is 0.344 e. The Morgan fingerprint density at radius 2 is 1.96 bits per heavy atom. The second-order valence-electron chi connectivity index (χ2n) is 6.29. The van der Waals surface area contributed by atoms with Crippen molar-refractivity contribution in [1.82, 2.24) is 14.6 Å². The lowest BCUT2D eigenvalue weighted by Crippen LogP contribution is -3.12. The first kappa shape index (κ1) is 14.6. The highest BCUT2D eigenvalue weighted by atomic mass is 32.1. The number of nitrogens with one attached hydrogen (secondary N) is 1. The molecule has 1 aliphatic rings. The molecule has 23 heavy (non-hydrogen) atoms. The molecule has 0 bridgehead atoms. The maximum Gasteiger partial charge on any atom is 0.283 e. The molecule has 120 valence electrons. The van der Waals surface area contributed by atoms with Gasteiger partial charge in [0, 0.05) is 4.88 Å². The van der Waals surface area contributed by atoms with E-state index < -0.39 is 0 Å². The van der Waals surface area contributed by atoms with E-state index in [-0.39, 0.29) is 5.56 Å². The van der Waals surface area contributed by atoms with Crippen LogP contribution >= 0.6 is 11.3 Å². The Kier molecular flexibility index (Phi) is 3.35. The number of piperazine rings is 1. The van der Waals surface area contributed by atoms with Crippen LogP contribution < -0.4 is 15.4 Å². The van der Waals surface area contributed by atoms with Gasteiger partial charge in [0.05, 0.1) is 38.6 Å². The summed E-state index contributed by atoms with van der Waals surface area (Å²) in [6.07, 6.45) is 0. The number of hydrogen-bond donors (Lipinski definition) is 1. The molecular weight excluding hydrogens is 310 g/mol. The van der Waals surface area contributed by atoms with E-state index in [4.69, 9.17) is 0 Å². The average Bonchev–Trinajstić information content (AvgIpc) is 2.83. The molecule has 1 N–H and O–H groups in total. The Bertz CT molecular complexity index is 952. The third kappa shape index (κ3) is 2.31. The van der Waals surface area contributed by atoms with Crippen LogP contribution in [0.2, 0.25) is 0 Å². The zero-order valence-electron chi connectivity index (χ0n) is 13.6. The summed E-state index contributed by atoms with van der Waals surface area (Å²) in [5.41, 5.74) is 1.58. The average molecular weight is 330 g/mol. The number of fused-ring (bicyclic) bond motifs is 2. The van der Waals surface area contributed by atoms with Gasteiger partial charge in [0.1, 0.15) is 10.6 Å². The van der Waals surface area contributed by atoms with Crippen LogP contribution in [0.4, 0.5) is 5.82 Å². The summed E-state index contributed by atoms with van der Waals surface area (Å²) in [6.45, 7) is 8.12. The normalized spacial score (nSPS) is 16.6. The van der Waals surface area contributed by atoms with E-state index in [0.717, 1.165) is 47.3 Å². The predicted octanol–water partition coefficient (Wildman–Crippen LogP) is 0.256. The summed E-state index contributed by atoms with van der Waals surface area (Å²) in [6, 6.07) is 3.88. The number of nitrogens with zero attached hydrogens (tertiary/aromatic N) is 4. The van der Waals surface area contributed by atoms with Gasteiger partial charge in [-0.1, -0.05) is 0 Å². The molecule has 0 aliphatic carbocycles. The molecule has 0 saturated carbocycles. The van der Waals surface area contributed by atoms with Crippen LogP contribution in [0.15, 0.2) is 16.9 Å². The summed E-state index contributed by atoms with van der Waals surface area (Å²) >= 11 is 1.57. The summed E-state index contributed by atoms with van der Waals surface area (Å²) in [5.74, 6) is 0.859. The number of aryl methyl sites for hydroxylation is 2. The van der Waals surface area contributed by atoms with Gasteiger partial charge in [0.2, 0.25) is 0 Å². The van der Waals surface area contributed by atoms with Crippen LogP contribution in [-0.2, 0) is 0 Å². The summed E-state index contributed by atoms with van der Waals surface area (Å²) in [7, 11) is 2.21. The van der Waals surface area contributed by atoms with Gasteiger partial charge in [0.25, 0.3) is 5.56 Å². The van der Waals surface area contributed by atoms with Crippen molar-refractivity contribution in [2.24, 2.45) is 0 Å². The van der Waals surface area contributed by atoms with Gasteiger partial charge >= 0.3 is 0 Å². The third-order valence-electron chi connectivity index (χ3n) is 4.73. The smallest absolute Gasteiger partial charge is 0.283 e. The van der Waals surface area contributed by atoms with Crippen LogP contribution in [0.5, 0.6) is 0 Å². The van der Waals surface area contributed by atoms with Crippen molar-refractivity contribution in [3.63, 3.8) is 0 Å². The Hall–Kier alpha value is -1.99. The van der Waals surface area contributed by atoms with Crippen molar-refractivity contribution in [3.05, 3.63) is 32.9 Å². The van der Waals surface area contributed by atoms with Gasteiger partial charge in [-0.3, -0.25) is 4.79 Å². The van der Waals surface area contributed by atoms with Crippen molar-refractivity contribution in [2.75, 3.05) is 38.1 Å². The molecule has 4 heterocycles. The second kappa shape index (κ2) is 5.28. The first-order valence-electron chi connectivity index (χ1n) is 7.90.